The molecule has 25 heavy (non-hydrogen) atoms. The third-order valence-electron chi connectivity index (χ3n) is 4.49. The molecule has 0 saturated carbocycles. The van der Waals surface area contributed by atoms with Gasteiger partial charge in [-0.15, -0.1) is 0 Å². The van der Waals surface area contributed by atoms with Gasteiger partial charge in [0.15, 0.2) is 11.6 Å². The summed E-state index contributed by atoms with van der Waals surface area (Å²) in [6.45, 7) is 3.01. The van der Waals surface area contributed by atoms with Crippen LogP contribution < -0.4 is 4.90 Å². The Morgan fingerprint density at radius 3 is 2.36 bits per heavy atom. The summed E-state index contributed by atoms with van der Waals surface area (Å²) in [7, 11) is 0. The van der Waals surface area contributed by atoms with Gasteiger partial charge in [-0.25, -0.2) is 13.8 Å². The van der Waals surface area contributed by atoms with Gasteiger partial charge < -0.3 is 14.8 Å². The molecule has 0 aliphatic carbocycles. The molecule has 128 valence electrons. The van der Waals surface area contributed by atoms with Gasteiger partial charge in [-0.1, -0.05) is 0 Å². The minimum absolute atomic E-state index is 0.392. The molecule has 0 atom stereocenters. The Hall–Kier alpha value is -2.96. The summed E-state index contributed by atoms with van der Waals surface area (Å²) in [5.41, 5.74) is 2.76. The number of hydrogen-bond acceptors (Lipinski definition) is 3. The highest BCUT2D eigenvalue weighted by Crippen LogP contribution is 2.25. The molecule has 0 radical (unpaired) electrons. The van der Waals surface area contributed by atoms with Crippen LogP contribution in [0.4, 0.5) is 14.5 Å². The molecule has 1 amide bonds. The number of aromatic nitrogens is 2. The van der Waals surface area contributed by atoms with E-state index in [-0.39, 0.29) is 0 Å². The summed E-state index contributed by atoms with van der Waals surface area (Å²) in [4.78, 5) is 22.1. The molecule has 2 heterocycles. The zero-order valence-corrected chi connectivity index (χ0v) is 13.4. The van der Waals surface area contributed by atoms with Crippen LogP contribution in [0.15, 0.2) is 36.4 Å². The highest BCUT2D eigenvalue weighted by Gasteiger charge is 2.16. The largest absolute Gasteiger partial charge is 0.368 e. The number of imidazole rings is 1. The standard InChI is InChI=1S/C18H16F2N4O/c19-14-9-16-17(10-15(14)20)22-18(21-16)12-1-3-13(4-2-12)24-7-5-23(11-25)6-8-24/h1-4,9-11H,5-8H2,(H,21,22). The van der Waals surface area contributed by atoms with Crippen molar-refractivity contribution in [3.05, 3.63) is 48.0 Å². The molecule has 7 heteroatoms. The molecule has 2 aromatic carbocycles. The molecule has 3 aromatic rings. The number of anilines is 1. The smallest absolute Gasteiger partial charge is 0.209 e. The zero-order chi connectivity index (χ0) is 17.4. The van der Waals surface area contributed by atoms with Gasteiger partial charge in [0, 0.05) is 49.6 Å². The Labute approximate surface area is 142 Å². The molecule has 0 unspecified atom stereocenters. The van der Waals surface area contributed by atoms with E-state index < -0.39 is 11.6 Å². The lowest BCUT2D eigenvalue weighted by atomic mass is 10.1. The number of halogens is 2. The van der Waals surface area contributed by atoms with Crippen LogP contribution >= 0.6 is 0 Å². The van der Waals surface area contributed by atoms with Crippen LogP contribution in [0, 0.1) is 11.6 Å². The van der Waals surface area contributed by atoms with Crippen molar-refractivity contribution < 1.29 is 13.6 Å². The molecule has 0 spiro atoms. The van der Waals surface area contributed by atoms with E-state index in [2.05, 4.69) is 14.9 Å². The average molecular weight is 342 g/mol. The van der Waals surface area contributed by atoms with Crippen molar-refractivity contribution in [1.82, 2.24) is 14.9 Å². The molecule has 1 N–H and O–H groups in total. The minimum atomic E-state index is -0.907. The first-order chi connectivity index (χ1) is 12.1. The van der Waals surface area contributed by atoms with Crippen molar-refractivity contribution >= 4 is 23.1 Å². The van der Waals surface area contributed by atoms with Gasteiger partial charge in [-0.2, -0.15) is 0 Å². The van der Waals surface area contributed by atoms with Gasteiger partial charge >= 0.3 is 0 Å². The number of aromatic amines is 1. The van der Waals surface area contributed by atoms with E-state index in [1.807, 2.05) is 24.3 Å². The van der Waals surface area contributed by atoms with Gasteiger partial charge in [0.2, 0.25) is 6.41 Å². The van der Waals surface area contributed by atoms with E-state index in [1.54, 1.807) is 4.90 Å². The van der Waals surface area contributed by atoms with Crippen LogP contribution in [0.25, 0.3) is 22.4 Å². The summed E-state index contributed by atoms with van der Waals surface area (Å²) in [5.74, 6) is -1.24. The first-order valence-electron chi connectivity index (χ1n) is 8.03. The number of nitrogens with zero attached hydrogens (tertiary/aromatic N) is 3. The molecular formula is C18H16F2N4O. The highest BCUT2D eigenvalue weighted by atomic mass is 19.2. The average Bonchev–Trinajstić information content (AvgIpc) is 3.05. The molecule has 1 aliphatic rings. The summed E-state index contributed by atoms with van der Waals surface area (Å²) < 4.78 is 26.6. The van der Waals surface area contributed by atoms with Crippen LogP contribution in [0.1, 0.15) is 0 Å². The molecule has 1 aliphatic heterocycles. The molecule has 1 saturated heterocycles. The van der Waals surface area contributed by atoms with E-state index in [1.165, 1.54) is 0 Å². The lowest BCUT2D eigenvalue weighted by molar-refractivity contribution is -0.118. The number of nitrogens with one attached hydrogen (secondary N) is 1. The van der Waals surface area contributed by atoms with Crippen molar-refractivity contribution in [3.63, 3.8) is 0 Å². The third-order valence-corrected chi connectivity index (χ3v) is 4.49. The van der Waals surface area contributed by atoms with Crippen LogP contribution in [0.2, 0.25) is 0 Å². The number of H-pyrrole nitrogens is 1. The van der Waals surface area contributed by atoms with Gasteiger partial charge in [0.25, 0.3) is 0 Å². The van der Waals surface area contributed by atoms with Crippen LogP contribution in [-0.2, 0) is 4.79 Å². The Morgan fingerprint density at radius 2 is 1.68 bits per heavy atom. The SMILES string of the molecule is O=CN1CCN(c2ccc(-c3nc4cc(F)c(F)cc4[nH]3)cc2)CC1. The maximum atomic E-state index is 13.3. The fourth-order valence-corrected chi connectivity index (χ4v) is 3.06. The van der Waals surface area contributed by atoms with Gasteiger partial charge in [-0.05, 0) is 24.3 Å². The molecule has 4 rings (SSSR count). The second-order valence-corrected chi connectivity index (χ2v) is 6.04. The van der Waals surface area contributed by atoms with Crippen LogP contribution in [0.3, 0.4) is 0 Å². The molecular weight excluding hydrogens is 326 g/mol. The number of rotatable bonds is 3. The first kappa shape index (κ1) is 15.6. The molecule has 0 bridgehead atoms. The van der Waals surface area contributed by atoms with Gasteiger partial charge in [0.1, 0.15) is 5.82 Å². The second-order valence-electron chi connectivity index (χ2n) is 6.04. The number of piperazine rings is 1. The monoisotopic (exact) mass is 342 g/mol. The Balaban J connectivity index is 1.57. The normalized spacial score (nSPS) is 15.0. The number of benzene rings is 2. The quantitative estimate of drug-likeness (QED) is 0.745. The lowest BCUT2D eigenvalue weighted by Gasteiger charge is -2.34. The van der Waals surface area contributed by atoms with E-state index in [0.717, 1.165) is 42.9 Å². The fourth-order valence-electron chi connectivity index (χ4n) is 3.06. The summed E-state index contributed by atoms with van der Waals surface area (Å²) in [6.07, 6.45) is 0.883. The summed E-state index contributed by atoms with van der Waals surface area (Å²) in [5, 5.41) is 0. The second kappa shape index (κ2) is 6.16. The van der Waals surface area contributed by atoms with Crippen LogP contribution in [0.5, 0.6) is 0 Å². The van der Waals surface area contributed by atoms with E-state index in [0.29, 0.717) is 29.9 Å². The fraction of sp³-hybridized carbons (Fsp3) is 0.222. The van der Waals surface area contributed by atoms with Gasteiger partial charge in [-0.3, -0.25) is 4.79 Å². The van der Waals surface area contributed by atoms with Crippen molar-refractivity contribution in [2.75, 3.05) is 31.1 Å². The maximum Gasteiger partial charge on any atom is 0.209 e. The Morgan fingerprint density at radius 1 is 1.00 bits per heavy atom. The molecule has 1 aromatic heterocycles. The topological polar surface area (TPSA) is 52.2 Å². The van der Waals surface area contributed by atoms with Crippen molar-refractivity contribution in [1.29, 1.82) is 0 Å². The van der Waals surface area contributed by atoms with Crippen molar-refractivity contribution in [2.45, 2.75) is 0 Å². The van der Waals surface area contributed by atoms with Crippen LogP contribution in [-0.4, -0.2) is 47.5 Å². The van der Waals surface area contributed by atoms with Crippen molar-refractivity contribution in [2.24, 2.45) is 0 Å². The summed E-state index contributed by atoms with van der Waals surface area (Å²) in [6, 6.07) is 10.0. The predicted molar refractivity (Wildman–Crippen MR) is 91.3 cm³/mol. The number of fused-ring (bicyclic) bond motifs is 1. The Bertz CT molecular complexity index is 876. The first-order valence-corrected chi connectivity index (χ1v) is 8.03. The minimum Gasteiger partial charge on any atom is -0.368 e. The van der Waals surface area contributed by atoms with Crippen molar-refractivity contribution in [3.8, 4) is 11.4 Å². The number of hydrogen-bond donors (Lipinski definition) is 1. The van der Waals surface area contributed by atoms with E-state index in [4.69, 9.17) is 0 Å². The zero-order valence-electron chi connectivity index (χ0n) is 13.4. The van der Waals surface area contributed by atoms with E-state index >= 15 is 0 Å². The predicted octanol–water partition coefficient (Wildman–Crippen LogP) is 2.79. The highest BCUT2D eigenvalue weighted by molar-refractivity contribution is 5.79. The number of carbonyl (C=O) groups is 1. The molecule has 1 fully saturated rings. The molecule has 5 nitrogen and oxygen atoms in total. The summed E-state index contributed by atoms with van der Waals surface area (Å²) >= 11 is 0. The van der Waals surface area contributed by atoms with Gasteiger partial charge in [0.05, 0.1) is 11.0 Å². The lowest BCUT2D eigenvalue weighted by Crippen LogP contribution is -2.45. The Kier molecular flexibility index (Phi) is 3.83. The third kappa shape index (κ3) is 2.93. The number of carbonyl (C=O) groups excluding carboxylic acids is 1. The van der Waals surface area contributed by atoms with E-state index in [9.17, 15) is 13.6 Å². The number of amides is 1. The maximum absolute atomic E-state index is 13.3.